The van der Waals surface area contributed by atoms with Gasteiger partial charge < -0.3 is 10.2 Å². The van der Waals surface area contributed by atoms with E-state index < -0.39 is 28.4 Å². The minimum atomic E-state index is -0.960. The van der Waals surface area contributed by atoms with Crippen LogP contribution in [0.1, 0.15) is 58.5 Å². The Kier molecular flexibility index (Phi) is 14.7. The van der Waals surface area contributed by atoms with Gasteiger partial charge in [0.15, 0.2) is 28.0 Å². The Morgan fingerprint density at radius 3 is 2.02 bits per heavy atom. The number of aromatic nitrogens is 4. The number of hydrogen-bond donors (Lipinski definition) is 2. The van der Waals surface area contributed by atoms with Gasteiger partial charge in [-0.25, -0.2) is 30.2 Å². The second-order valence-corrected chi connectivity index (χ2v) is 16.1. The number of aliphatic imine (C=N–C) groups is 1. The summed E-state index contributed by atoms with van der Waals surface area (Å²) in [5, 5.41) is 23.8. The first kappa shape index (κ1) is 48.1. The van der Waals surface area contributed by atoms with Crippen LogP contribution in [0.3, 0.4) is 0 Å². The van der Waals surface area contributed by atoms with E-state index in [9.17, 15) is 14.0 Å². The number of benzene rings is 2. The average Bonchev–Trinajstić information content (AvgIpc) is 3.43. The predicted octanol–water partition coefficient (Wildman–Crippen LogP) is 10.4. The number of pyridine rings is 2. The molecule has 7 rings (SSSR count). The van der Waals surface area contributed by atoms with Crippen LogP contribution < -0.4 is 26.2 Å². The van der Waals surface area contributed by atoms with Crippen molar-refractivity contribution >= 4 is 103 Å². The van der Waals surface area contributed by atoms with E-state index in [1.165, 1.54) is 41.6 Å². The maximum Gasteiger partial charge on any atom is 0.299 e. The van der Waals surface area contributed by atoms with Crippen molar-refractivity contribution in [3.05, 3.63) is 155 Å². The number of thiocarbonyl (C=S) groups is 2. The van der Waals surface area contributed by atoms with Crippen molar-refractivity contribution in [2.45, 2.75) is 65.6 Å². The van der Waals surface area contributed by atoms with Gasteiger partial charge in [0.25, 0.3) is 16.8 Å². The van der Waals surface area contributed by atoms with E-state index >= 15 is 4.39 Å². The molecule has 5 heterocycles. The van der Waals surface area contributed by atoms with Crippen molar-refractivity contribution in [2.75, 3.05) is 15.1 Å². The van der Waals surface area contributed by atoms with Crippen LogP contribution in [0, 0.1) is 41.5 Å². The molecule has 6 aromatic rings. The molecule has 64 heavy (non-hydrogen) atoms. The molecule has 0 spiro atoms. The minimum Gasteiger partial charge on any atom is -0.313 e. The van der Waals surface area contributed by atoms with Gasteiger partial charge in [-0.2, -0.15) is 10.3 Å². The van der Waals surface area contributed by atoms with Gasteiger partial charge in [0.1, 0.15) is 11.9 Å². The fourth-order valence-electron chi connectivity index (χ4n) is 6.27. The summed E-state index contributed by atoms with van der Waals surface area (Å²) < 4.78 is 31.4. The molecule has 2 aromatic carbocycles. The number of isothiocyanates is 1. The maximum atomic E-state index is 15.0. The third kappa shape index (κ3) is 10.1. The third-order valence-electron chi connectivity index (χ3n) is 9.54. The highest BCUT2D eigenvalue weighted by atomic mass is 35.5. The maximum absolute atomic E-state index is 15.0. The summed E-state index contributed by atoms with van der Waals surface area (Å²) in [5.41, 5.74) is 0.935. The van der Waals surface area contributed by atoms with Gasteiger partial charge in [-0.3, -0.25) is 33.5 Å². The Labute approximate surface area is 386 Å². The van der Waals surface area contributed by atoms with Gasteiger partial charge in [0, 0.05) is 66.9 Å². The Bertz CT molecular complexity index is 3180. The highest BCUT2D eigenvalue weighted by Crippen LogP contribution is 2.38. The molecule has 0 saturated carbocycles. The van der Waals surface area contributed by atoms with Crippen molar-refractivity contribution in [2.24, 2.45) is 4.99 Å². The Balaban J connectivity index is 0.000000204. The Morgan fingerprint density at radius 1 is 0.906 bits per heavy atom. The lowest BCUT2D eigenvalue weighted by Gasteiger charge is -2.30. The molecule has 0 atom stereocenters. The van der Waals surface area contributed by atoms with Crippen LogP contribution in [-0.4, -0.2) is 46.1 Å². The van der Waals surface area contributed by atoms with E-state index in [-0.39, 0.29) is 32.8 Å². The SMILES string of the molecule is CCc1cc(=O)n2cc(N3C(=S)N(c4ccc(C#N)c(Cl)c4)C(=N)C3(C)C)cc(F)c2n1.[C-]#[N+]C(C)(C)Nc1cc(F)c2nc(CC)cc(=O)n2c1.[C-]#[N+]c1ccc(N=C=S)cc1Cl. The summed E-state index contributed by atoms with van der Waals surface area (Å²) in [6, 6.07) is 16.9. The lowest BCUT2D eigenvalue weighted by Crippen LogP contribution is -2.44. The molecule has 20 heteroatoms. The van der Waals surface area contributed by atoms with E-state index in [0.717, 1.165) is 8.80 Å². The van der Waals surface area contributed by atoms with Crippen LogP contribution >= 0.6 is 47.6 Å². The molecule has 1 saturated heterocycles. The number of halogens is 4. The number of anilines is 3. The highest BCUT2D eigenvalue weighted by Gasteiger charge is 2.48. The van der Waals surface area contributed by atoms with E-state index in [1.54, 1.807) is 69.0 Å². The number of nitriles is 1. The monoisotopic (exact) mass is 936 g/mol. The summed E-state index contributed by atoms with van der Waals surface area (Å²) >= 11 is 22.0. The number of amidine groups is 1. The normalized spacial score (nSPS) is 12.9. The minimum absolute atomic E-state index is 0.000480. The van der Waals surface area contributed by atoms with Crippen molar-refractivity contribution in [1.82, 2.24) is 18.8 Å². The van der Waals surface area contributed by atoms with Crippen molar-refractivity contribution in [1.29, 1.82) is 10.7 Å². The van der Waals surface area contributed by atoms with Crippen molar-refractivity contribution < 1.29 is 8.78 Å². The summed E-state index contributed by atoms with van der Waals surface area (Å²) in [6.07, 6.45) is 4.01. The van der Waals surface area contributed by atoms with Crippen LogP contribution in [0.25, 0.3) is 21.0 Å². The predicted molar refractivity (Wildman–Crippen MR) is 254 cm³/mol. The number of nitrogens with one attached hydrogen (secondary N) is 2. The van der Waals surface area contributed by atoms with E-state index in [0.29, 0.717) is 63.3 Å². The summed E-state index contributed by atoms with van der Waals surface area (Å²) in [4.78, 5) is 46.3. The standard InChI is InChI=1S/C22H18ClFN6OS.C14H15FN4O.C8H3ClN2S/c1-4-13-7-18(31)28-11-15(9-17(24)19(28)27-13)30-21(32)29(20(26)22(30,2)3)14-6-5-12(10-25)16(23)8-14;1-5-9-7-12(20)19-8-10(18-14(2,3)16-4)6-11(15)13(19)17-9;1-10-8-3-2-6(11-5-12)4-7(8)9/h5-9,11,26H,4H2,1-3H3;6-8,18H,5H2,1-3H3;2-4H. The van der Waals surface area contributed by atoms with Gasteiger partial charge in [0.05, 0.1) is 50.6 Å². The molecule has 14 nitrogen and oxygen atoms in total. The molecule has 2 N–H and O–H groups in total. The van der Waals surface area contributed by atoms with E-state index in [4.69, 9.17) is 59.2 Å². The first-order valence-electron chi connectivity index (χ1n) is 19.0. The molecule has 0 bridgehead atoms. The zero-order valence-corrected chi connectivity index (χ0v) is 38.1. The van der Waals surface area contributed by atoms with Crippen LogP contribution in [0.15, 0.2) is 87.6 Å². The van der Waals surface area contributed by atoms with Crippen molar-refractivity contribution in [3.63, 3.8) is 0 Å². The van der Waals surface area contributed by atoms with Crippen LogP contribution in [-0.2, 0) is 12.8 Å². The van der Waals surface area contributed by atoms with Gasteiger partial charge >= 0.3 is 0 Å². The molecule has 1 fully saturated rings. The Morgan fingerprint density at radius 2 is 1.50 bits per heavy atom. The second-order valence-electron chi connectivity index (χ2n) is 14.8. The fraction of sp³-hybridized carbons (Fsp3) is 0.227. The average molecular weight is 938 g/mol. The molecule has 0 unspecified atom stereocenters. The van der Waals surface area contributed by atoms with Gasteiger partial charge in [0.2, 0.25) is 5.69 Å². The molecule has 1 aliphatic rings. The summed E-state index contributed by atoms with van der Waals surface area (Å²) in [7, 11) is 0. The Hall–Kier alpha value is -6.97. The molecule has 4 aromatic heterocycles. The summed E-state index contributed by atoms with van der Waals surface area (Å²) in [5.74, 6) is -1.13. The van der Waals surface area contributed by atoms with Crippen molar-refractivity contribution in [3.8, 4) is 6.07 Å². The zero-order valence-electron chi connectivity index (χ0n) is 35.0. The van der Waals surface area contributed by atoms with E-state index in [1.807, 2.05) is 19.9 Å². The molecule has 324 valence electrons. The van der Waals surface area contributed by atoms with Crippen LogP contribution in [0.2, 0.25) is 10.0 Å². The number of fused-ring (bicyclic) bond motifs is 2. The van der Waals surface area contributed by atoms with Gasteiger partial charge in [-0.1, -0.05) is 43.1 Å². The molecule has 1 aliphatic heterocycles. The number of rotatable bonds is 7. The molecule has 0 amide bonds. The first-order chi connectivity index (χ1) is 30.2. The molecule has 0 radical (unpaired) electrons. The molecular formula is C44H36Cl2F2N12O2S2. The van der Waals surface area contributed by atoms with Crippen LogP contribution in [0.4, 0.5) is 37.2 Å². The number of hydrogen-bond acceptors (Lipinski definition) is 10. The third-order valence-corrected chi connectivity index (χ3v) is 10.6. The second kappa shape index (κ2) is 19.6. The number of aryl methyl sites for hydroxylation is 2. The first-order valence-corrected chi connectivity index (χ1v) is 20.6. The van der Waals surface area contributed by atoms with E-state index in [2.05, 4.69) is 47.3 Å². The lowest BCUT2D eigenvalue weighted by atomic mass is 10.0. The van der Waals surface area contributed by atoms with Gasteiger partial charge in [-0.05, 0) is 81.5 Å². The quantitative estimate of drug-likeness (QED) is 0.0897. The van der Waals surface area contributed by atoms with Gasteiger partial charge in [-0.15, -0.1) is 0 Å². The fourth-order valence-corrected chi connectivity index (χ4v) is 7.34. The smallest absolute Gasteiger partial charge is 0.299 e. The molecular weight excluding hydrogens is 902 g/mol. The topological polar surface area (TPSA) is 156 Å². The lowest BCUT2D eigenvalue weighted by molar-refractivity contribution is 0.622. The number of nitrogens with zero attached hydrogens (tertiary/aromatic N) is 10. The largest absolute Gasteiger partial charge is 0.313 e. The molecule has 0 aliphatic carbocycles. The van der Waals surface area contributed by atoms with Crippen LogP contribution in [0.5, 0.6) is 0 Å². The zero-order chi connectivity index (χ0) is 47.3. The highest BCUT2D eigenvalue weighted by molar-refractivity contribution is 7.81. The summed E-state index contributed by atoms with van der Waals surface area (Å²) in [6.45, 7) is 24.4.